The molecule has 3 nitrogen and oxygen atoms in total. The minimum atomic E-state index is -0.222. The molecule has 0 N–H and O–H groups in total. The molecule has 248 valence electrons. The summed E-state index contributed by atoms with van der Waals surface area (Å²) in [6.07, 6.45) is 8.98. The highest BCUT2D eigenvalue weighted by Gasteiger charge is 2.38. The van der Waals surface area contributed by atoms with E-state index in [1.165, 1.54) is 38.3 Å². The molecule has 0 radical (unpaired) electrons. The van der Waals surface area contributed by atoms with Gasteiger partial charge in [0.25, 0.3) is 0 Å². The maximum absolute atomic E-state index is 5.41. The zero-order valence-corrected chi connectivity index (χ0v) is 29.8. The van der Waals surface area contributed by atoms with Crippen molar-refractivity contribution in [1.29, 1.82) is 0 Å². The summed E-state index contributed by atoms with van der Waals surface area (Å²) in [6.45, 7) is 4.65. The van der Waals surface area contributed by atoms with E-state index < -0.39 is 0 Å². The molecule has 1 aromatic heterocycles. The Balaban J connectivity index is 1.23. The first kappa shape index (κ1) is 30.9. The summed E-state index contributed by atoms with van der Waals surface area (Å²) in [4.78, 5) is 17.4. The van der Waals surface area contributed by atoms with Gasteiger partial charge in [-0.1, -0.05) is 166 Å². The van der Waals surface area contributed by atoms with E-state index >= 15 is 0 Å². The zero-order chi connectivity index (χ0) is 34.8. The van der Waals surface area contributed by atoms with Gasteiger partial charge in [-0.05, 0) is 62.2 Å². The van der Waals surface area contributed by atoms with Crippen molar-refractivity contribution in [3.05, 3.63) is 181 Å². The van der Waals surface area contributed by atoms with E-state index in [0.29, 0.717) is 28.6 Å². The molecule has 2 heterocycles. The Bertz CT molecular complexity index is 2590. The molecule has 52 heavy (non-hydrogen) atoms. The maximum Gasteiger partial charge on any atom is 0.165 e. The van der Waals surface area contributed by atoms with Gasteiger partial charge in [0.05, 0.1) is 0 Å². The molecule has 0 saturated carbocycles. The first-order valence-electron chi connectivity index (χ1n) is 17.9. The average molecular weight is 686 g/mol. The number of hydrogen-bond acceptors (Lipinski definition) is 4. The Kier molecular flexibility index (Phi) is 7.23. The number of rotatable bonds is 5. The van der Waals surface area contributed by atoms with Crippen LogP contribution >= 0.6 is 11.8 Å². The first-order chi connectivity index (χ1) is 25.5. The van der Waals surface area contributed by atoms with E-state index in [-0.39, 0.29) is 5.41 Å². The van der Waals surface area contributed by atoms with Crippen LogP contribution in [0.25, 0.3) is 67.5 Å². The SMILES string of the molecule is CC1(C)c2ccccc2-c2cccc(-c3nc(-c4ccc(-c5ccccc5)cc4-c4ccccc4)nc(-c4cccc5c4SC4C=CC=CC54)n3)c21. The van der Waals surface area contributed by atoms with E-state index in [9.17, 15) is 0 Å². The maximum atomic E-state index is 5.41. The lowest BCUT2D eigenvalue weighted by atomic mass is 9.80. The summed E-state index contributed by atoms with van der Waals surface area (Å²) in [5.41, 5.74) is 13.8. The van der Waals surface area contributed by atoms with Crippen molar-refractivity contribution in [2.24, 2.45) is 0 Å². The summed E-state index contributed by atoms with van der Waals surface area (Å²) in [5, 5.41) is 0.369. The fourth-order valence-corrected chi connectivity index (χ4v) is 9.87. The van der Waals surface area contributed by atoms with E-state index in [1.54, 1.807) is 0 Å². The predicted octanol–water partition coefficient (Wildman–Crippen LogP) is 12.2. The molecular weight excluding hydrogens is 651 g/mol. The largest absolute Gasteiger partial charge is 0.208 e. The number of thioether (sulfide) groups is 1. The van der Waals surface area contributed by atoms with Gasteiger partial charge in [0.1, 0.15) is 0 Å². The molecule has 10 rings (SSSR count). The van der Waals surface area contributed by atoms with Gasteiger partial charge in [-0.2, -0.15) is 0 Å². The van der Waals surface area contributed by atoms with Crippen molar-refractivity contribution in [3.63, 3.8) is 0 Å². The molecule has 0 bridgehead atoms. The highest BCUT2D eigenvalue weighted by molar-refractivity contribution is 8.00. The lowest BCUT2D eigenvalue weighted by Gasteiger charge is -2.24. The fourth-order valence-electron chi connectivity index (χ4n) is 8.42. The Hall–Kier alpha value is -5.84. The smallest absolute Gasteiger partial charge is 0.165 e. The minimum Gasteiger partial charge on any atom is -0.208 e. The normalized spacial score (nSPS) is 17.3. The fraction of sp³-hybridized carbons (Fsp3) is 0.104. The second kappa shape index (κ2) is 12.1. The molecule has 6 aromatic carbocycles. The summed E-state index contributed by atoms with van der Waals surface area (Å²) in [6, 6.07) is 49.8. The average Bonchev–Trinajstić information content (AvgIpc) is 3.70. The number of aromatic nitrogens is 3. The van der Waals surface area contributed by atoms with Crippen molar-refractivity contribution in [1.82, 2.24) is 15.0 Å². The van der Waals surface area contributed by atoms with Gasteiger partial charge < -0.3 is 0 Å². The highest BCUT2D eigenvalue weighted by Crippen LogP contribution is 2.53. The summed E-state index contributed by atoms with van der Waals surface area (Å²) in [5.74, 6) is 2.41. The van der Waals surface area contributed by atoms with Gasteiger partial charge in [0.2, 0.25) is 0 Å². The van der Waals surface area contributed by atoms with Gasteiger partial charge in [-0.3, -0.25) is 0 Å². The molecule has 2 atom stereocenters. The van der Waals surface area contributed by atoms with Crippen LogP contribution < -0.4 is 0 Å². The van der Waals surface area contributed by atoms with Crippen molar-refractivity contribution < 1.29 is 0 Å². The van der Waals surface area contributed by atoms with Crippen LogP contribution in [0.15, 0.2) is 169 Å². The van der Waals surface area contributed by atoms with E-state index in [2.05, 4.69) is 178 Å². The summed E-state index contributed by atoms with van der Waals surface area (Å²) >= 11 is 1.92. The molecule has 0 fully saturated rings. The molecular formula is C48H35N3S. The topological polar surface area (TPSA) is 38.7 Å². The Morgan fingerprint density at radius 1 is 0.481 bits per heavy atom. The number of nitrogens with zero attached hydrogens (tertiary/aromatic N) is 3. The number of fused-ring (bicyclic) bond motifs is 6. The van der Waals surface area contributed by atoms with Crippen LogP contribution in [0, 0.1) is 0 Å². The van der Waals surface area contributed by atoms with Crippen LogP contribution in [0.3, 0.4) is 0 Å². The molecule has 4 heteroatoms. The Labute approximate surface area is 308 Å². The van der Waals surface area contributed by atoms with Crippen LogP contribution in [0.4, 0.5) is 0 Å². The van der Waals surface area contributed by atoms with Crippen molar-refractivity contribution in [2.45, 2.75) is 35.3 Å². The van der Waals surface area contributed by atoms with Gasteiger partial charge in [-0.15, -0.1) is 11.8 Å². The van der Waals surface area contributed by atoms with Gasteiger partial charge in [0, 0.05) is 38.2 Å². The van der Waals surface area contributed by atoms with Crippen LogP contribution in [0.5, 0.6) is 0 Å². The highest BCUT2D eigenvalue weighted by atomic mass is 32.2. The predicted molar refractivity (Wildman–Crippen MR) is 215 cm³/mol. The van der Waals surface area contributed by atoms with E-state index in [0.717, 1.165) is 33.4 Å². The third kappa shape index (κ3) is 4.93. The van der Waals surface area contributed by atoms with Crippen molar-refractivity contribution in [2.75, 3.05) is 0 Å². The number of hydrogen-bond donors (Lipinski definition) is 0. The molecule has 2 aliphatic carbocycles. The van der Waals surface area contributed by atoms with Crippen molar-refractivity contribution in [3.8, 4) is 67.5 Å². The lowest BCUT2D eigenvalue weighted by Crippen LogP contribution is -2.17. The quantitative estimate of drug-likeness (QED) is 0.181. The second-order valence-corrected chi connectivity index (χ2v) is 15.5. The van der Waals surface area contributed by atoms with E-state index in [1.807, 2.05) is 11.8 Å². The second-order valence-electron chi connectivity index (χ2n) is 14.3. The molecule has 0 spiro atoms. The molecule has 2 unspecified atom stereocenters. The first-order valence-corrected chi connectivity index (χ1v) is 18.8. The minimum absolute atomic E-state index is 0.222. The van der Waals surface area contributed by atoms with Crippen LogP contribution in [0.1, 0.15) is 36.5 Å². The lowest BCUT2D eigenvalue weighted by molar-refractivity contribution is 0.661. The monoisotopic (exact) mass is 685 g/mol. The molecule has 3 aliphatic rings. The van der Waals surface area contributed by atoms with Crippen LogP contribution in [0.2, 0.25) is 0 Å². The molecule has 7 aromatic rings. The third-order valence-corrected chi connectivity index (χ3v) is 12.3. The number of benzene rings is 6. The van der Waals surface area contributed by atoms with Crippen molar-refractivity contribution >= 4 is 11.8 Å². The third-order valence-electron chi connectivity index (χ3n) is 10.9. The molecule has 0 saturated heterocycles. The Morgan fingerprint density at radius 3 is 1.90 bits per heavy atom. The van der Waals surface area contributed by atoms with E-state index in [4.69, 9.17) is 15.0 Å². The standard InChI is InChI=1S/C48H35N3S/c1-48(2)41-25-11-9-19-33(41)35-21-13-23-38(43(35)48)46-49-45(50-47(51-46)39-24-14-22-36-34-20-10-12-26-42(34)52-44(36)39)37-28-27-32(30-15-5-3-6-16-30)29-40(37)31-17-7-4-8-18-31/h3-29,34,42H,1-2H3. The summed E-state index contributed by atoms with van der Waals surface area (Å²) in [7, 11) is 0. The molecule has 1 aliphatic heterocycles. The summed E-state index contributed by atoms with van der Waals surface area (Å²) < 4.78 is 0. The Morgan fingerprint density at radius 2 is 1.10 bits per heavy atom. The molecule has 0 amide bonds. The van der Waals surface area contributed by atoms with Gasteiger partial charge in [-0.25, -0.2) is 15.0 Å². The number of allylic oxidation sites excluding steroid dienone is 3. The van der Waals surface area contributed by atoms with Gasteiger partial charge in [0.15, 0.2) is 17.5 Å². The zero-order valence-electron chi connectivity index (χ0n) is 29.0. The van der Waals surface area contributed by atoms with Crippen LogP contribution in [-0.4, -0.2) is 20.2 Å². The van der Waals surface area contributed by atoms with Gasteiger partial charge >= 0.3 is 0 Å². The van der Waals surface area contributed by atoms with Crippen LogP contribution in [-0.2, 0) is 5.41 Å².